The summed E-state index contributed by atoms with van der Waals surface area (Å²) in [5.74, 6) is 0.226. The molecule has 0 aliphatic carbocycles. The van der Waals surface area contributed by atoms with Crippen LogP contribution in [-0.2, 0) is 9.59 Å². The van der Waals surface area contributed by atoms with Gasteiger partial charge in [0.1, 0.15) is 4.32 Å². The summed E-state index contributed by atoms with van der Waals surface area (Å²) in [4.78, 5) is 30.1. The van der Waals surface area contributed by atoms with Crippen molar-refractivity contribution in [3.63, 3.8) is 0 Å². The Labute approximate surface area is 171 Å². The quantitative estimate of drug-likeness (QED) is 0.483. The molecule has 0 bridgehead atoms. The first-order valence-corrected chi connectivity index (χ1v) is 10.9. The third kappa shape index (κ3) is 3.69. The van der Waals surface area contributed by atoms with Gasteiger partial charge in [-0.25, -0.2) is 0 Å². The molecule has 1 fully saturated rings. The van der Waals surface area contributed by atoms with E-state index < -0.39 is 0 Å². The molecule has 0 radical (unpaired) electrons. The highest BCUT2D eigenvalue weighted by molar-refractivity contribution is 8.26. The van der Waals surface area contributed by atoms with Gasteiger partial charge >= 0.3 is 0 Å². The van der Waals surface area contributed by atoms with Gasteiger partial charge in [-0.1, -0.05) is 75.3 Å². The van der Waals surface area contributed by atoms with Crippen LogP contribution in [0.2, 0.25) is 0 Å². The zero-order valence-electron chi connectivity index (χ0n) is 16.2. The SMILES string of the molecule is CCCC[C@H](CC)CN1C(=O)/C(=C2/C(=O)N(CC)c3ccccc32)SC1=S. The summed E-state index contributed by atoms with van der Waals surface area (Å²) in [6.07, 6.45) is 4.43. The molecule has 2 aliphatic rings. The smallest absolute Gasteiger partial charge is 0.267 e. The fourth-order valence-corrected chi connectivity index (χ4v) is 5.04. The van der Waals surface area contributed by atoms with Crippen molar-refractivity contribution in [3.8, 4) is 0 Å². The Morgan fingerprint density at radius 1 is 1.07 bits per heavy atom. The van der Waals surface area contributed by atoms with Gasteiger partial charge in [0, 0.05) is 18.7 Å². The van der Waals surface area contributed by atoms with Gasteiger partial charge in [0.2, 0.25) is 0 Å². The Morgan fingerprint density at radius 2 is 1.81 bits per heavy atom. The van der Waals surface area contributed by atoms with E-state index in [0.717, 1.165) is 36.9 Å². The number of likely N-dealkylation sites (N-methyl/N-ethyl adjacent to an activating group) is 1. The highest BCUT2D eigenvalue weighted by atomic mass is 32.2. The zero-order valence-corrected chi connectivity index (χ0v) is 17.8. The van der Waals surface area contributed by atoms with E-state index in [1.807, 2.05) is 31.2 Å². The molecule has 6 heteroatoms. The summed E-state index contributed by atoms with van der Waals surface area (Å²) < 4.78 is 0.567. The monoisotopic (exact) mass is 402 g/mol. The second kappa shape index (κ2) is 8.57. The minimum atomic E-state index is -0.115. The molecule has 0 spiro atoms. The predicted molar refractivity (Wildman–Crippen MR) is 117 cm³/mol. The maximum absolute atomic E-state index is 13.2. The summed E-state index contributed by atoms with van der Waals surface area (Å²) in [5, 5.41) is 0. The van der Waals surface area contributed by atoms with Crippen molar-refractivity contribution < 1.29 is 9.59 Å². The molecular weight excluding hydrogens is 376 g/mol. The van der Waals surface area contributed by atoms with Crippen molar-refractivity contribution in [1.82, 2.24) is 4.90 Å². The number of unbranched alkanes of at least 4 members (excludes halogenated alkanes) is 1. The Kier molecular flexibility index (Phi) is 6.37. The second-order valence-electron chi connectivity index (χ2n) is 6.97. The lowest BCUT2D eigenvalue weighted by Crippen LogP contribution is -2.33. The first-order valence-electron chi connectivity index (χ1n) is 9.72. The maximum Gasteiger partial charge on any atom is 0.267 e. The summed E-state index contributed by atoms with van der Waals surface area (Å²) in [7, 11) is 0. The molecule has 0 aromatic heterocycles. The number of rotatable bonds is 7. The summed E-state index contributed by atoms with van der Waals surface area (Å²) in [5.41, 5.74) is 2.22. The third-order valence-electron chi connectivity index (χ3n) is 5.30. The number of fused-ring (bicyclic) bond motifs is 1. The van der Waals surface area contributed by atoms with E-state index in [-0.39, 0.29) is 11.8 Å². The van der Waals surface area contributed by atoms with Gasteiger partial charge in [-0.3, -0.25) is 14.5 Å². The fraction of sp³-hybridized carbons (Fsp3) is 0.476. The number of anilines is 1. The van der Waals surface area contributed by atoms with Crippen LogP contribution in [0.25, 0.3) is 5.57 Å². The number of carbonyl (C=O) groups excluding carboxylic acids is 2. The van der Waals surface area contributed by atoms with Crippen LogP contribution in [-0.4, -0.2) is 34.1 Å². The summed E-state index contributed by atoms with van der Waals surface area (Å²) in [6, 6.07) is 7.68. The van der Waals surface area contributed by atoms with Crippen LogP contribution in [0.4, 0.5) is 5.69 Å². The molecule has 0 saturated carbocycles. The number of hydrogen-bond donors (Lipinski definition) is 0. The first-order chi connectivity index (χ1) is 13.0. The van der Waals surface area contributed by atoms with Crippen LogP contribution in [0.1, 0.15) is 52.0 Å². The van der Waals surface area contributed by atoms with Crippen LogP contribution >= 0.6 is 24.0 Å². The number of hydrogen-bond acceptors (Lipinski definition) is 4. The van der Waals surface area contributed by atoms with Gasteiger partial charge < -0.3 is 4.90 Å². The van der Waals surface area contributed by atoms with Crippen LogP contribution in [0.3, 0.4) is 0 Å². The van der Waals surface area contributed by atoms with Gasteiger partial charge in [-0.15, -0.1) is 0 Å². The molecule has 27 heavy (non-hydrogen) atoms. The van der Waals surface area contributed by atoms with Gasteiger partial charge in [0.05, 0.1) is 16.2 Å². The van der Waals surface area contributed by atoms with Crippen LogP contribution < -0.4 is 4.90 Å². The lowest BCUT2D eigenvalue weighted by Gasteiger charge is -2.21. The second-order valence-corrected chi connectivity index (χ2v) is 8.62. The van der Waals surface area contributed by atoms with E-state index in [1.54, 1.807) is 9.80 Å². The molecule has 1 aromatic carbocycles. The Morgan fingerprint density at radius 3 is 2.48 bits per heavy atom. The number of carbonyl (C=O) groups is 2. The van der Waals surface area contributed by atoms with Crippen molar-refractivity contribution in [2.75, 3.05) is 18.0 Å². The van der Waals surface area contributed by atoms with E-state index in [1.165, 1.54) is 11.8 Å². The molecule has 2 amide bonds. The number of benzene rings is 1. The minimum Gasteiger partial charge on any atom is -0.308 e. The fourth-order valence-electron chi connectivity index (χ4n) is 3.70. The Hall–Kier alpha value is -1.66. The average molecular weight is 403 g/mol. The van der Waals surface area contributed by atoms with E-state index in [9.17, 15) is 9.59 Å². The number of thioether (sulfide) groups is 1. The summed E-state index contributed by atoms with van der Waals surface area (Å²) >= 11 is 6.79. The lowest BCUT2D eigenvalue weighted by molar-refractivity contribution is -0.123. The molecule has 1 atom stereocenters. The lowest BCUT2D eigenvalue weighted by atomic mass is 9.98. The van der Waals surface area contributed by atoms with Crippen molar-refractivity contribution in [3.05, 3.63) is 34.7 Å². The minimum absolute atomic E-state index is 0.0998. The topological polar surface area (TPSA) is 40.6 Å². The molecule has 2 aliphatic heterocycles. The standard InChI is InChI=1S/C21H26N2O2S2/c1-4-7-10-14(5-2)13-23-20(25)18(27-21(23)26)17-15-11-8-9-12-16(15)22(6-3)19(17)24/h8-9,11-12,14H,4-7,10,13H2,1-3H3/b18-17-/t14-/m0/s1. The molecular formula is C21H26N2O2S2. The predicted octanol–water partition coefficient (Wildman–Crippen LogP) is 4.84. The molecule has 1 aromatic rings. The first kappa shape index (κ1) is 20.1. The third-order valence-corrected chi connectivity index (χ3v) is 6.75. The largest absolute Gasteiger partial charge is 0.308 e. The molecule has 0 N–H and O–H groups in total. The number of nitrogens with zero attached hydrogens (tertiary/aromatic N) is 2. The normalized spacial score (nSPS) is 20.6. The summed E-state index contributed by atoms with van der Waals surface area (Å²) in [6.45, 7) is 7.51. The highest BCUT2D eigenvalue weighted by Gasteiger charge is 2.41. The molecule has 0 unspecified atom stereocenters. The highest BCUT2D eigenvalue weighted by Crippen LogP contribution is 2.44. The van der Waals surface area contributed by atoms with E-state index in [4.69, 9.17) is 12.2 Å². The van der Waals surface area contributed by atoms with Crippen molar-refractivity contribution >= 4 is 51.4 Å². The number of thiocarbonyl (C=S) groups is 1. The van der Waals surface area contributed by atoms with Crippen molar-refractivity contribution in [2.24, 2.45) is 5.92 Å². The van der Waals surface area contributed by atoms with Gasteiger partial charge in [0.15, 0.2) is 0 Å². The average Bonchev–Trinajstić information content (AvgIpc) is 3.11. The molecule has 144 valence electrons. The molecule has 2 heterocycles. The van der Waals surface area contributed by atoms with E-state index in [2.05, 4.69) is 13.8 Å². The van der Waals surface area contributed by atoms with Crippen molar-refractivity contribution in [2.45, 2.75) is 46.5 Å². The van der Waals surface area contributed by atoms with Crippen LogP contribution in [0.5, 0.6) is 0 Å². The number of para-hydroxylation sites is 1. The zero-order chi connectivity index (χ0) is 19.6. The van der Waals surface area contributed by atoms with Crippen molar-refractivity contribution in [1.29, 1.82) is 0 Å². The molecule has 1 saturated heterocycles. The van der Waals surface area contributed by atoms with Gasteiger partial charge in [0.25, 0.3) is 11.8 Å². The Bertz CT molecular complexity index is 803. The van der Waals surface area contributed by atoms with E-state index >= 15 is 0 Å². The Balaban J connectivity index is 1.93. The van der Waals surface area contributed by atoms with Gasteiger partial charge in [-0.05, 0) is 25.3 Å². The maximum atomic E-state index is 13.2. The van der Waals surface area contributed by atoms with Crippen LogP contribution in [0.15, 0.2) is 29.2 Å². The molecule has 3 rings (SSSR count). The van der Waals surface area contributed by atoms with Gasteiger partial charge in [-0.2, -0.15) is 0 Å². The van der Waals surface area contributed by atoms with E-state index in [0.29, 0.717) is 33.8 Å². The number of amides is 2. The van der Waals surface area contributed by atoms with Crippen LogP contribution in [0, 0.1) is 5.92 Å². The molecule has 4 nitrogen and oxygen atoms in total.